The quantitative estimate of drug-likeness (QED) is 0.0133. The molecule has 476 valence electrons. The van der Waals surface area contributed by atoms with Gasteiger partial charge in [0.1, 0.15) is 0 Å². The number of aryl methyl sites for hydroxylation is 1. The average Bonchev–Trinajstić information content (AvgIpc) is 2.86. The molecule has 0 bridgehead atoms. The number of Topliss-reactive ketones (excluding diaryl/α,β-unsaturated/α-hetero) is 1. The largest absolute Gasteiger partial charge is 0.416 e. The molecular formula is C63H89F6N13O4S+2. The number of hydrogen-bond donors (Lipinski definition) is 9. The summed E-state index contributed by atoms with van der Waals surface area (Å²) in [7, 11) is 4.11. The Morgan fingerprint density at radius 3 is 1.53 bits per heavy atom. The number of nitrogens with one attached hydrogen (secondary N) is 3. The van der Waals surface area contributed by atoms with Gasteiger partial charge in [0.15, 0.2) is 11.2 Å². The van der Waals surface area contributed by atoms with E-state index in [2.05, 4.69) is 39.0 Å². The Balaban J connectivity index is 0.000000372. The summed E-state index contributed by atoms with van der Waals surface area (Å²) in [6, 6.07) is 25.7. The molecule has 3 amide bonds. The highest BCUT2D eigenvalue weighted by atomic mass is 32.2. The Morgan fingerprint density at radius 1 is 0.563 bits per heavy atom. The molecule has 0 spiro atoms. The minimum absolute atomic E-state index is 0. The molecule has 24 heteroatoms. The molecule has 17 nitrogen and oxygen atoms in total. The van der Waals surface area contributed by atoms with Gasteiger partial charge in [0.05, 0.1) is 93.6 Å². The van der Waals surface area contributed by atoms with Gasteiger partial charge in [-0.1, -0.05) is 68.1 Å². The lowest BCUT2D eigenvalue weighted by molar-refractivity contribution is -0.907. The van der Waals surface area contributed by atoms with Crippen LogP contribution in [-0.2, 0) is 57.2 Å². The number of carbonyl (C=O) groups excluding carboxylic acids is 4. The normalized spacial score (nSPS) is 13.7. The molecule has 4 aromatic carbocycles. The van der Waals surface area contributed by atoms with E-state index in [-0.39, 0.29) is 38.0 Å². The van der Waals surface area contributed by atoms with Crippen molar-refractivity contribution in [2.24, 2.45) is 34.4 Å². The fourth-order valence-electron chi connectivity index (χ4n) is 9.91. The SMILES string of the molecule is C.C[C@H](N)C(=O)NC(SCC[N+](C)(CCN)CCN)C(=O)N[C@H](Cc1ccc(C(F)(F)F)cc1)C(=O)Cc1cnc2ccccc2c1.C[N+](CCN)(CCN)CCC[C@H](N)C(=O)N[C@H](CCc1cnc2ccccc2c1)Cc1ccc(C(F)(F)F)cc1. The summed E-state index contributed by atoms with van der Waals surface area (Å²) in [6.07, 6.45) is -2.78. The number of aromatic nitrogens is 2. The van der Waals surface area contributed by atoms with Crippen LogP contribution in [0.4, 0.5) is 26.3 Å². The number of nitrogens with zero attached hydrogens (tertiary/aromatic N) is 4. The molecule has 0 saturated carbocycles. The van der Waals surface area contributed by atoms with Gasteiger partial charge in [0.25, 0.3) is 5.91 Å². The summed E-state index contributed by atoms with van der Waals surface area (Å²) < 4.78 is 79.9. The van der Waals surface area contributed by atoms with Crippen LogP contribution < -0.4 is 50.4 Å². The van der Waals surface area contributed by atoms with Crippen molar-refractivity contribution in [3.05, 3.63) is 155 Å². The summed E-state index contributed by atoms with van der Waals surface area (Å²) in [6.45, 7) is 7.89. The zero-order chi connectivity index (χ0) is 63.1. The summed E-state index contributed by atoms with van der Waals surface area (Å²) in [5.74, 6) is -1.37. The van der Waals surface area contributed by atoms with E-state index in [1.165, 1.54) is 43.0 Å². The summed E-state index contributed by atoms with van der Waals surface area (Å²) in [4.78, 5) is 61.9. The number of amides is 3. The number of para-hydroxylation sites is 2. The second kappa shape index (κ2) is 34.8. The van der Waals surface area contributed by atoms with Gasteiger partial charge in [-0.05, 0) is 116 Å². The molecule has 0 aliphatic heterocycles. The number of carbonyl (C=O) groups is 4. The first-order valence-corrected chi connectivity index (χ1v) is 29.9. The van der Waals surface area contributed by atoms with Gasteiger partial charge < -0.3 is 59.3 Å². The Bertz CT molecular complexity index is 3090. The third-order valence-corrected chi connectivity index (χ3v) is 16.1. The molecular weight excluding hydrogens is 1150 g/mol. The Labute approximate surface area is 511 Å². The van der Waals surface area contributed by atoms with Crippen LogP contribution >= 0.6 is 11.8 Å². The maximum absolute atomic E-state index is 13.7. The molecule has 0 aliphatic carbocycles. The lowest BCUT2D eigenvalue weighted by Gasteiger charge is -2.34. The molecule has 87 heavy (non-hydrogen) atoms. The predicted octanol–water partition coefficient (Wildman–Crippen LogP) is 6.00. The van der Waals surface area contributed by atoms with Crippen LogP contribution in [0, 0.1) is 0 Å². The van der Waals surface area contributed by atoms with E-state index in [4.69, 9.17) is 34.4 Å². The number of benzene rings is 4. The van der Waals surface area contributed by atoms with E-state index in [1.54, 1.807) is 6.20 Å². The number of pyridine rings is 2. The van der Waals surface area contributed by atoms with Crippen molar-refractivity contribution in [1.29, 1.82) is 0 Å². The molecule has 0 saturated heterocycles. The highest BCUT2D eigenvalue weighted by Gasteiger charge is 2.33. The molecule has 6 rings (SSSR count). The van der Waals surface area contributed by atoms with Gasteiger partial charge in [-0.3, -0.25) is 29.1 Å². The number of nitrogens with two attached hydrogens (primary N) is 6. The number of ketones is 1. The van der Waals surface area contributed by atoms with Gasteiger partial charge in [-0.2, -0.15) is 26.3 Å². The van der Waals surface area contributed by atoms with E-state index in [9.17, 15) is 45.5 Å². The number of likely N-dealkylation sites (N-methyl/N-ethyl adjacent to an activating group) is 2. The molecule has 5 atom stereocenters. The maximum atomic E-state index is 13.7. The van der Waals surface area contributed by atoms with Crippen LogP contribution in [0.2, 0.25) is 0 Å². The maximum Gasteiger partial charge on any atom is 0.416 e. The monoisotopic (exact) mass is 1240 g/mol. The number of thioether (sulfide) groups is 1. The number of rotatable bonds is 32. The van der Waals surface area contributed by atoms with E-state index in [0.29, 0.717) is 98.4 Å². The molecule has 0 fully saturated rings. The first-order chi connectivity index (χ1) is 40.8. The third-order valence-electron chi connectivity index (χ3n) is 15.1. The van der Waals surface area contributed by atoms with Crippen molar-refractivity contribution < 1.29 is 54.5 Å². The molecule has 0 radical (unpaired) electrons. The summed E-state index contributed by atoms with van der Waals surface area (Å²) in [5, 5.41) is 9.25. The van der Waals surface area contributed by atoms with Gasteiger partial charge in [0.2, 0.25) is 11.8 Å². The molecule has 6 aromatic rings. The zero-order valence-electron chi connectivity index (χ0n) is 49.2. The number of halogens is 6. The van der Waals surface area contributed by atoms with Crippen LogP contribution in [0.25, 0.3) is 21.8 Å². The smallest absolute Gasteiger partial charge is 0.352 e. The number of hydrogen-bond acceptors (Lipinski definition) is 13. The number of alkyl halides is 6. The first kappa shape index (κ1) is 72.9. The minimum Gasteiger partial charge on any atom is -0.352 e. The topological polar surface area (TPSA) is 286 Å². The summed E-state index contributed by atoms with van der Waals surface area (Å²) in [5.41, 5.74) is 38.0. The van der Waals surface area contributed by atoms with Gasteiger partial charge in [-0.15, -0.1) is 11.8 Å². The fraction of sp³-hybridized carbons (Fsp3) is 0.460. The van der Waals surface area contributed by atoms with Crippen LogP contribution in [0.5, 0.6) is 0 Å². The van der Waals surface area contributed by atoms with E-state index >= 15 is 0 Å². The van der Waals surface area contributed by atoms with Crippen LogP contribution in [0.15, 0.2) is 122 Å². The Hall–Kier alpha value is -6.61. The zero-order valence-corrected chi connectivity index (χ0v) is 50.0. The fourth-order valence-corrected chi connectivity index (χ4v) is 11.1. The molecule has 15 N–H and O–H groups in total. The highest BCUT2D eigenvalue weighted by Crippen LogP contribution is 2.31. The number of quaternary nitrogens is 2. The van der Waals surface area contributed by atoms with Crippen molar-refractivity contribution in [2.75, 3.05) is 85.3 Å². The molecule has 2 heterocycles. The second-order valence-electron chi connectivity index (χ2n) is 22.4. The van der Waals surface area contributed by atoms with Crippen molar-refractivity contribution in [3.8, 4) is 0 Å². The molecule has 2 aromatic heterocycles. The standard InChI is InChI=1S/C32H42F3N7O3S.C30H41F3N6O.CH4/c1-21(38)29(44)41-31(46-16-15-42(2,13-11-36)14-12-37)30(45)40-27(18-22-7-9-25(10-8-22)32(33,34)35)28(43)19-23-17-24-5-3-4-6-26(24)39-20-23;1-39(17-14-34,18-15-35)16-4-6-27(36)29(40)38-26(20-22-8-11-25(12-9-22)30(31,32)33)13-10-23-19-24-5-2-3-7-28(24)37-21-23;/h3-10,17,20-21,27,31H,11-16,18-19,36-38H2,1-2H3,(H-,40,41,44,45);2-3,5,7-9,11-12,19,21,26-27H,4,6,10,13-18,20,34-36H2,1H3;1H4/p+2/t21-,27+,31?;26-,27+;/m01./s1. The first-order valence-electron chi connectivity index (χ1n) is 28.8. The van der Waals surface area contributed by atoms with E-state index < -0.39 is 58.8 Å². The van der Waals surface area contributed by atoms with Crippen molar-refractivity contribution in [1.82, 2.24) is 25.9 Å². The molecule has 1 unspecified atom stereocenters. The van der Waals surface area contributed by atoms with E-state index in [1.807, 2.05) is 67.8 Å². The van der Waals surface area contributed by atoms with Crippen molar-refractivity contribution in [3.63, 3.8) is 0 Å². The lowest BCUT2D eigenvalue weighted by atomic mass is 9.97. The highest BCUT2D eigenvalue weighted by molar-refractivity contribution is 8.00. The van der Waals surface area contributed by atoms with Gasteiger partial charge in [0, 0.05) is 67.6 Å². The Morgan fingerprint density at radius 2 is 1.03 bits per heavy atom. The van der Waals surface area contributed by atoms with Crippen LogP contribution in [0.3, 0.4) is 0 Å². The summed E-state index contributed by atoms with van der Waals surface area (Å²) >= 11 is 1.18. The molecule has 0 aliphatic rings. The average molecular weight is 1240 g/mol. The second-order valence-corrected chi connectivity index (χ2v) is 23.6. The van der Waals surface area contributed by atoms with Crippen LogP contribution in [-0.4, -0.2) is 157 Å². The van der Waals surface area contributed by atoms with Crippen molar-refractivity contribution >= 4 is 57.1 Å². The van der Waals surface area contributed by atoms with Gasteiger partial charge >= 0.3 is 12.4 Å². The third kappa shape index (κ3) is 24.1. The Kier molecular flexibility index (Phi) is 29.2. The predicted molar refractivity (Wildman–Crippen MR) is 334 cm³/mol. The number of fused-ring (bicyclic) bond motifs is 2. The van der Waals surface area contributed by atoms with Crippen LogP contribution in [0.1, 0.15) is 67.0 Å². The lowest BCUT2D eigenvalue weighted by Crippen LogP contribution is -2.54. The van der Waals surface area contributed by atoms with Crippen molar-refractivity contribution in [2.45, 2.75) is 101 Å². The van der Waals surface area contributed by atoms with Gasteiger partial charge in [-0.25, -0.2) is 0 Å². The minimum atomic E-state index is -4.52. The van der Waals surface area contributed by atoms with E-state index in [0.717, 1.165) is 82.2 Å².